The quantitative estimate of drug-likeness (QED) is 0.0263. The molecule has 0 unspecified atom stereocenters. The highest BCUT2D eigenvalue weighted by atomic mass is 16.6. The summed E-state index contributed by atoms with van der Waals surface area (Å²) in [7, 11) is 0. The van der Waals surface area contributed by atoms with Gasteiger partial charge >= 0.3 is 17.9 Å². The zero-order chi connectivity index (χ0) is 43.0. The maximum absolute atomic E-state index is 12.8. The molecule has 0 fully saturated rings. The van der Waals surface area contributed by atoms with Gasteiger partial charge in [-0.1, -0.05) is 224 Å². The van der Waals surface area contributed by atoms with Crippen molar-refractivity contribution in [3.8, 4) is 0 Å². The molecule has 344 valence electrons. The van der Waals surface area contributed by atoms with Crippen LogP contribution in [0.1, 0.15) is 265 Å². The smallest absolute Gasteiger partial charge is 0.306 e. The van der Waals surface area contributed by atoms with Gasteiger partial charge in [0.1, 0.15) is 13.2 Å². The number of esters is 3. The van der Waals surface area contributed by atoms with E-state index in [1.807, 2.05) is 0 Å². The minimum atomic E-state index is -0.781. The summed E-state index contributed by atoms with van der Waals surface area (Å²) >= 11 is 0. The molecule has 0 aliphatic carbocycles. The molecular formula is C53H96O6. The molecule has 6 heteroatoms. The lowest BCUT2D eigenvalue weighted by Gasteiger charge is -2.18. The highest BCUT2D eigenvalue weighted by Gasteiger charge is 2.19. The summed E-state index contributed by atoms with van der Waals surface area (Å²) in [4.78, 5) is 37.9. The second-order valence-electron chi connectivity index (χ2n) is 17.1. The topological polar surface area (TPSA) is 78.9 Å². The van der Waals surface area contributed by atoms with Crippen LogP contribution in [0.2, 0.25) is 0 Å². The molecule has 0 aromatic heterocycles. The van der Waals surface area contributed by atoms with E-state index < -0.39 is 6.10 Å². The predicted molar refractivity (Wildman–Crippen MR) is 252 cm³/mol. The summed E-state index contributed by atoms with van der Waals surface area (Å²) in [5, 5.41) is 0. The summed E-state index contributed by atoms with van der Waals surface area (Å²) in [5.41, 5.74) is 0. The van der Waals surface area contributed by atoms with Crippen molar-refractivity contribution in [3.63, 3.8) is 0 Å². The van der Waals surface area contributed by atoms with E-state index in [9.17, 15) is 14.4 Å². The van der Waals surface area contributed by atoms with Crippen LogP contribution in [0.25, 0.3) is 0 Å². The molecule has 0 aromatic rings. The average molecular weight is 829 g/mol. The standard InChI is InChI=1S/C53H96O6/c1-4-7-10-13-16-19-22-25-27-29-31-34-37-40-43-46-52(55)58-49-50(48-57-51(54)45-42-39-36-33-30-24-21-18-15-12-9-6-3)59-53(56)47-44-41-38-35-32-28-26-23-20-17-14-11-8-5-2/h16,19,25,27,31,34,50H,4-15,17-18,20-24,26,28-30,32-33,35-49H2,1-3H3/b19-16-,27-25-,34-31-/t50-/m1/s1. The van der Waals surface area contributed by atoms with Gasteiger partial charge in [0.05, 0.1) is 0 Å². The normalized spacial score (nSPS) is 12.3. The number of hydrogen-bond acceptors (Lipinski definition) is 6. The molecule has 0 rings (SSSR count). The van der Waals surface area contributed by atoms with Gasteiger partial charge in [0.25, 0.3) is 0 Å². The van der Waals surface area contributed by atoms with Crippen LogP contribution in [0, 0.1) is 0 Å². The third-order valence-electron chi connectivity index (χ3n) is 11.1. The van der Waals surface area contributed by atoms with E-state index in [0.717, 1.165) is 70.6 Å². The molecule has 1 atom stereocenters. The Morgan fingerprint density at radius 1 is 0.339 bits per heavy atom. The van der Waals surface area contributed by atoms with E-state index >= 15 is 0 Å². The molecule has 0 heterocycles. The molecule has 0 aliphatic rings. The largest absolute Gasteiger partial charge is 0.462 e. The van der Waals surface area contributed by atoms with Gasteiger partial charge in [0.15, 0.2) is 6.10 Å². The summed E-state index contributed by atoms with van der Waals surface area (Å²) < 4.78 is 16.8. The van der Waals surface area contributed by atoms with Gasteiger partial charge in [-0.15, -0.1) is 0 Å². The van der Waals surface area contributed by atoms with Crippen molar-refractivity contribution < 1.29 is 28.6 Å². The predicted octanol–water partition coefficient (Wildman–Crippen LogP) is 16.5. The molecule has 0 saturated carbocycles. The van der Waals surface area contributed by atoms with Crippen LogP contribution < -0.4 is 0 Å². The van der Waals surface area contributed by atoms with Gasteiger partial charge < -0.3 is 14.2 Å². The first kappa shape index (κ1) is 56.6. The van der Waals surface area contributed by atoms with Gasteiger partial charge in [0, 0.05) is 19.3 Å². The first-order chi connectivity index (χ1) is 29.0. The number of hydrogen-bond donors (Lipinski definition) is 0. The molecule has 0 spiro atoms. The number of carbonyl (C=O) groups is 3. The molecule has 59 heavy (non-hydrogen) atoms. The number of allylic oxidation sites excluding steroid dienone is 6. The lowest BCUT2D eigenvalue weighted by molar-refractivity contribution is -0.167. The Bertz CT molecular complexity index is 1000. The van der Waals surface area contributed by atoms with Crippen LogP contribution in [0.5, 0.6) is 0 Å². The molecule has 0 aromatic carbocycles. The number of ether oxygens (including phenoxy) is 3. The molecule has 0 bridgehead atoms. The van der Waals surface area contributed by atoms with E-state index in [2.05, 4.69) is 57.2 Å². The van der Waals surface area contributed by atoms with Gasteiger partial charge in [0.2, 0.25) is 0 Å². The zero-order valence-electron chi connectivity index (χ0n) is 39.3. The van der Waals surface area contributed by atoms with Gasteiger partial charge in [-0.2, -0.15) is 0 Å². The molecule has 0 radical (unpaired) electrons. The van der Waals surface area contributed by atoms with E-state index in [4.69, 9.17) is 14.2 Å². The summed E-state index contributed by atoms with van der Waals surface area (Å²) in [6.45, 7) is 6.59. The molecule has 6 nitrogen and oxygen atoms in total. The van der Waals surface area contributed by atoms with Crippen LogP contribution in [0.3, 0.4) is 0 Å². The van der Waals surface area contributed by atoms with E-state index in [1.165, 1.54) is 154 Å². The summed E-state index contributed by atoms with van der Waals surface area (Å²) in [5.74, 6) is -0.910. The third kappa shape index (κ3) is 46.5. The van der Waals surface area contributed by atoms with Gasteiger partial charge in [-0.3, -0.25) is 14.4 Å². The molecule has 0 saturated heterocycles. The second kappa shape index (κ2) is 48.3. The van der Waals surface area contributed by atoms with Crippen molar-refractivity contribution in [1.82, 2.24) is 0 Å². The van der Waals surface area contributed by atoms with Crippen molar-refractivity contribution in [3.05, 3.63) is 36.5 Å². The minimum Gasteiger partial charge on any atom is -0.462 e. The van der Waals surface area contributed by atoms with E-state index in [1.54, 1.807) is 0 Å². The highest BCUT2D eigenvalue weighted by molar-refractivity contribution is 5.71. The SMILES string of the molecule is CCCCC/C=C\C/C=C\C/C=C\CCCCC(=O)OC[C@@H](COC(=O)CCCCCCCCCCCCCC)OC(=O)CCCCCCCCCCCCCCCC. The van der Waals surface area contributed by atoms with Crippen molar-refractivity contribution in [2.45, 2.75) is 271 Å². The number of rotatable bonds is 46. The van der Waals surface area contributed by atoms with Crippen molar-refractivity contribution in [2.24, 2.45) is 0 Å². The molecule has 0 aliphatic heterocycles. The Labute approximate surface area is 365 Å². The number of carbonyl (C=O) groups excluding carboxylic acids is 3. The fourth-order valence-corrected chi connectivity index (χ4v) is 7.27. The maximum atomic E-state index is 12.8. The van der Waals surface area contributed by atoms with Crippen LogP contribution in [0.15, 0.2) is 36.5 Å². The Morgan fingerprint density at radius 2 is 0.610 bits per heavy atom. The Kier molecular flexibility index (Phi) is 46.4. The first-order valence-electron chi connectivity index (χ1n) is 25.5. The van der Waals surface area contributed by atoms with Crippen molar-refractivity contribution in [1.29, 1.82) is 0 Å². The molecule has 0 amide bonds. The van der Waals surface area contributed by atoms with Gasteiger partial charge in [-0.05, 0) is 57.8 Å². The summed E-state index contributed by atoms with van der Waals surface area (Å²) in [6, 6.07) is 0. The fourth-order valence-electron chi connectivity index (χ4n) is 7.27. The maximum Gasteiger partial charge on any atom is 0.306 e. The van der Waals surface area contributed by atoms with Gasteiger partial charge in [-0.25, -0.2) is 0 Å². The van der Waals surface area contributed by atoms with Crippen LogP contribution in [-0.2, 0) is 28.6 Å². The van der Waals surface area contributed by atoms with Crippen LogP contribution in [-0.4, -0.2) is 37.2 Å². The van der Waals surface area contributed by atoms with Crippen molar-refractivity contribution in [2.75, 3.05) is 13.2 Å². The van der Waals surface area contributed by atoms with E-state index in [0.29, 0.717) is 19.3 Å². The lowest BCUT2D eigenvalue weighted by Crippen LogP contribution is -2.30. The monoisotopic (exact) mass is 829 g/mol. The van der Waals surface area contributed by atoms with E-state index in [-0.39, 0.29) is 31.1 Å². The zero-order valence-corrected chi connectivity index (χ0v) is 39.3. The Morgan fingerprint density at radius 3 is 0.983 bits per heavy atom. The Hall–Kier alpha value is -2.37. The second-order valence-corrected chi connectivity index (χ2v) is 17.1. The molecule has 0 N–H and O–H groups in total. The number of unbranched alkanes of at least 4 members (excludes halogenated alkanes) is 29. The first-order valence-corrected chi connectivity index (χ1v) is 25.5. The van der Waals surface area contributed by atoms with Crippen LogP contribution >= 0.6 is 0 Å². The fraction of sp³-hybridized carbons (Fsp3) is 0.830. The average Bonchev–Trinajstić information content (AvgIpc) is 3.23. The lowest BCUT2D eigenvalue weighted by atomic mass is 10.0. The van der Waals surface area contributed by atoms with Crippen LogP contribution in [0.4, 0.5) is 0 Å². The molecular weight excluding hydrogens is 733 g/mol. The Balaban J connectivity index is 4.41. The minimum absolute atomic E-state index is 0.0800. The summed E-state index contributed by atoms with van der Waals surface area (Å²) in [6.07, 6.45) is 55.5. The third-order valence-corrected chi connectivity index (χ3v) is 11.1. The highest BCUT2D eigenvalue weighted by Crippen LogP contribution is 2.15. The van der Waals surface area contributed by atoms with Crippen molar-refractivity contribution >= 4 is 17.9 Å².